The number of halogens is 2. The first-order valence-electron chi connectivity index (χ1n) is 5.97. The van der Waals surface area contributed by atoms with Gasteiger partial charge in [0.2, 0.25) is 0 Å². The predicted octanol–water partition coefficient (Wildman–Crippen LogP) is -1.03. The SMILES string of the molecule is Nc1ccn(C2[C@@H]3O[C@@](CO)(CBr)[C@@H](O)[C@@]23F)c(=O)n1. The van der Waals surface area contributed by atoms with Gasteiger partial charge in [-0.2, -0.15) is 4.98 Å². The van der Waals surface area contributed by atoms with Crippen LogP contribution in [0.15, 0.2) is 17.1 Å². The van der Waals surface area contributed by atoms with Crippen molar-refractivity contribution in [3.8, 4) is 0 Å². The first-order valence-corrected chi connectivity index (χ1v) is 7.09. The Bertz CT molecular complexity index is 608. The molecule has 110 valence electrons. The van der Waals surface area contributed by atoms with Crippen molar-refractivity contribution in [2.45, 2.75) is 29.5 Å². The average molecular weight is 350 g/mol. The summed E-state index contributed by atoms with van der Waals surface area (Å²) in [6.07, 6.45) is -1.22. The first kappa shape index (κ1) is 13.9. The number of alkyl halides is 2. The Kier molecular flexibility index (Phi) is 2.95. The molecule has 20 heavy (non-hydrogen) atoms. The Morgan fingerprint density at radius 1 is 1.65 bits per heavy atom. The van der Waals surface area contributed by atoms with Crippen LogP contribution >= 0.6 is 15.9 Å². The molecule has 2 heterocycles. The number of nitrogens with two attached hydrogens (primary N) is 1. The number of fused-ring (bicyclic) bond motifs is 1. The quantitative estimate of drug-likeness (QED) is 0.602. The smallest absolute Gasteiger partial charge is 0.349 e. The fraction of sp³-hybridized carbons (Fsp3) is 0.636. The molecule has 1 aliphatic heterocycles. The minimum Gasteiger partial charge on any atom is -0.393 e. The van der Waals surface area contributed by atoms with Crippen molar-refractivity contribution in [2.24, 2.45) is 0 Å². The van der Waals surface area contributed by atoms with Gasteiger partial charge < -0.3 is 20.7 Å². The van der Waals surface area contributed by atoms with E-state index in [0.29, 0.717) is 0 Å². The highest BCUT2D eigenvalue weighted by atomic mass is 79.9. The maximum absolute atomic E-state index is 14.9. The van der Waals surface area contributed by atoms with Crippen molar-refractivity contribution < 1.29 is 19.3 Å². The Labute approximate surface area is 121 Å². The average Bonchev–Trinajstić information content (AvgIpc) is 2.92. The molecule has 0 amide bonds. The summed E-state index contributed by atoms with van der Waals surface area (Å²) >= 11 is 3.10. The Morgan fingerprint density at radius 2 is 2.35 bits per heavy atom. The number of hydrogen-bond donors (Lipinski definition) is 3. The van der Waals surface area contributed by atoms with Crippen LogP contribution in [0.4, 0.5) is 10.2 Å². The summed E-state index contributed by atoms with van der Waals surface area (Å²) in [5.74, 6) is 0.0385. The minimum atomic E-state index is -2.11. The molecule has 9 heteroatoms. The van der Waals surface area contributed by atoms with Gasteiger partial charge >= 0.3 is 5.69 Å². The van der Waals surface area contributed by atoms with Gasteiger partial charge in [0, 0.05) is 11.5 Å². The number of anilines is 1. The molecule has 0 bridgehead atoms. The van der Waals surface area contributed by atoms with Gasteiger partial charge in [-0.1, -0.05) is 15.9 Å². The van der Waals surface area contributed by atoms with Gasteiger partial charge in [0.25, 0.3) is 0 Å². The summed E-state index contributed by atoms with van der Waals surface area (Å²) in [6, 6.07) is 0.409. The number of nitrogen functional groups attached to an aromatic ring is 1. The maximum atomic E-state index is 14.9. The molecule has 7 nitrogen and oxygen atoms in total. The predicted molar refractivity (Wildman–Crippen MR) is 70.3 cm³/mol. The van der Waals surface area contributed by atoms with Crippen LogP contribution < -0.4 is 11.4 Å². The van der Waals surface area contributed by atoms with E-state index in [1.165, 1.54) is 12.3 Å². The highest BCUT2D eigenvalue weighted by Crippen LogP contribution is 2.63. The van der Waals surface area contributed by atoms with E-state index in [9.17, 15) is 19.4 Å². The van der Waals surface area contributed by atoms with Crippen LogP contribution in [-0.2, 0) is 4.74 Å². The zero-order chi connectivity index (χ0) is 14.7. The van der Waals surface area contributed by atoms with E-state index in [1.54, 1.807) is 0 Å². The molecule has 0 spiro atoms. The highest BCUT2D eigenvalue weighted by Gasteiger charge is 2.82. The van der Waals surface area contributed by atoms with E-state index in [-0.39, 0.29) is 11.1 Å². The molecule has 1 aromatic heterocycles. The van der Waals surface area contributed by atoms with E-state index < -0.39 is 41.8 Å². The van der Waals surface area contributed by atoms with Crippen LogP contribution in [-0.4, -0.2) is 55.2 Å². The first-order chi connectivity index (χ1) is 9.40. The summed E-state index contributed by atoms with van der Waals surface area (Å²) in [6.45, 7) is -0.525. The monoisotopic (exact) mass is 349 g/mol. The lowest BCUT2D eigenvalue weighted by Gasteiger charge is -2.32. The highest BCUT2D eigenvalue weighted by molar-refractivity contribution is 9.09. The van der Waals surface area contributed by atoms with Gasteiger partial charge in [-0.25, -0.2) is 9.18 Å². The number of hydrogen-bond acceptors (Lipinski definition) is 6. The number of nitrogens with zero attached hydrogens (tertiary/aromatic N) is 2. The van der Waals surface area contributed by atoms with E-state index in [2.05, 4.69) is 20.9 Å². The third-order valence-electron chi connectivity index (χ3n) is 3.99. The van der Waals surface area contributed by atoms with Gasteiger partial charge in [-0.05, 0) is 6.07 Å². The lowest BCUT2D eigenvalue weighted by atomic mass is 9.96. The molecule has 1 aromatic rings. The Morgan fingerprint density at radius 3 is 2.80 bits per heavy atom. The van der Waals surface area contributed by atoms with E-state index in [0.717, 1.165) is 4.57 Å². The Balaban J connectivity index is 1.94. The maximum Gasteiger partial charge on any atom is 0.349 e. The van der Waals surface area contributed by atoms with Crippen LogP contribution in [0.2, 0.25) is 0 Å². The second-order valence-electron chi connectivity index (χ2n) is 5.11. The molecule has 5 atom stereocenters. The van der Waals surface area contributed by atoms with E-state index >= 15 is 0 Å². The van der Waals surface area contributed by atoms with Gasteiger partial charge in [0.15, 0.2) is 5.67 Å². The molecule has 1 aliphatic carbocycles. The number of aliphatic hydroxyl groups is 2. The third kappa shape index (κ3) is 1.54. The zero-order valence-corrected chi connectivity index (χ0v) is 11.8. The van der Waals surface area contributed by atoms with Crippen molar-refractivity contribution >= 4 is 21.7 Å². The number of aliphatic hydroxyl groups excluding tert-OH is 2. The second-order valence-corrected chi connectivity index (χ2v) is 5.67. The van der Waals surface area contributed by atoms with Crippen LogP contribution in [0.25, 0.3) is 0 Å². The summed E-state index contributed by atoms with van der Waals surface area (Å²) < 4.78 is 21.4. The van der Waals surface area contributed by atoms with E-state index in [4.69, 9.17) is 10.5 Å². The molecule has 1 saturated heterocycles. The number of aromatic nitrogens is 2. The van der Waals surface area contributed by atoms with Crippen LogP contribution in [0.5, 0.6) is 0 Å². The summed E-state index contributed by atoms with van der Waals surface area (Å²) in [5.41, 5.74) is 1.17. The molecular formula is C11H13BrFN3O4. The van der Waals surface area contributed by atoms with Crippen molar-refractivity contribution in [2.75, 3.05) is 17.7 Å². The standard InChI is InChI=1S/C11H13BrFN3O4/c12-3-10(4-17)8(18)11(13)6(7(11)20-10)16-2-1-5(14)15-9(16)19/h1-2,6-8,17-18H,3-4H2,(H2,14,15,19)/t6?,7-,8+,10+,11+/m0/s1. The molecular weight excluding hydrogens is 337 g/mol. The molecule has 0 radical (unpaired) electrons. The second kappa shape index (κ2) is 4.23. The van der Waals surface area contributed by atoms with Gasteiger partial charge in [0.05, 0.1) is 6.61 Å². The third-order valence-corrected chi connectivity index (χ3v) is 4.94. The van der Waals surface area contributed by atoms with Gasteiger partial charge in [0.1, 0.15) is 29.7 Å². The zero-order valence-electron chi connectivity index (χ0n) is 10.2. The van der Waals surface area contributed by atoms with Crippen molar-refractivity contribution in [1.29, 1.82) is 0 Å². The lowest BCUT2D eigenvalue weighted by Crippen LogP contribution is -2.52. The largest absolute Gasteiger partial charge is 0.393 e. The molecule has 2 aliphatic rings. The van der Waals surface area contributed by atoms with E-state index in [1.807, 2.05) is 0 Å². The molecule has 3 rings (SSSR count). The van der Waals surface area contributed by atoms with Gasteiger partial charge in [-0.3, -0.25) is 4.57 Å². The minimum absolute atomic E-state index is 0.0385. The summed E-state index contributed by atoms with van der Waals surface area (Å²) in [5, 5.41) is 19.5. The van der Waals surface area contributed by atoms with Crippen molar-refractivity contribution in [1.82, 2.24) is 9.55 Å². The normalized spacial score (nSPS) is 42.5. The molecule has 4 N–H and O–H groups in total. The van der Waals surface area contributed by atoms with Gasteiger partial charge in [-0.15, -0.1) is 0 Å². The topological polar surface area (TPSA) is 111 Å². The fourth-order valence-electron chi connectivity index (χ4n) is 2.79. The molecule has 1 unspecified atom stereocenters. The van der Waals surface area contributed by atoms with Crippen LogP contribution in [0.1, 0.15) is 6.04 Å². The molecule has 0 aromatic carbocycles. The lowest BCUT2D eigenvalue weighted by molar-refractivity contribution is -0.115. The van der Waals surface area contributed by atoms with Crippen LogP contribution in [0.3, 0.4) is 0 Å². The summed E-state index contributed by atoms with van der Waals surface area (Å²) in [7, 11) is 0. The molecule has 2 fully saturated rings. The van der Waals surface area contributed by atoms with Crippen molar-refractivity contribution in [3.63, 3.8) is 0 Å². The Hall–Kier alpha value is -1.03. The van der Waals surface area contributed by atoms with Crippen LogP contribution in [0, 0.1) is 0 Å². The number of rotatable bonds is 3. The fourth-order valence-corrected chi connectivity index (χ4v) is 3.40. The number of ether oxygens (including phenoxy) is 1. The molecule has 1 saturated carbocycles. The summed E-state index contributed by atoms with van der Waals surface area (Å²) in [4.78, 5) is 15.2. The van der Waals surface area contributed by atoms with Crippen molar-refractivity contribution in [3.05, 3.63) is 22.7 Å².